The number of hydrogen-bond donors (Lipinski definition) is 1. The van der Waals surface area contributed by atoms with E-state index in [9.17, 15) is 9.59 Å². The van der Waals surface area contributed by atoms with Crippen LogP contribution in [0.1, 0.15) is 25.0 Å². The quantitative estimate of drug-likeness (QED) is 0.341. The van der Waals surface area contributed by atoms with Crippen molar-refractivity contribution in [1.29, 1.82) is 0 Å². The molecule has 0 fully saturated rings. The van der Waals surface area contributed by atoms with E-state index in [1.807, 2.05) is 80.6 Å². The summed E-state index contributed by atoms with van der Waals surface area (Å²) in [6, 6.07) is 24.0. The van der Waals surface area contributed by atoms with Crippen LogP contribution in [0.4, 0.5) is 0 Å². The van der Waals surface area contributed by atoms with E-state index in [2.05, 4.69) is 5.32 Å². The molecule has 3 aromatic carbocycles. The maximum atomic E-state index is 13.6. The van der Waals surface area contributed by atoms with Gasteiger partial charge in [0.05, 0.1) is 12.9 Å². The largest absolute Gasteiger partial charge is 0.497 e. The lowest BCUT2D eigenvalue weighted by molar-refractivity contribution is -0.139. The van der Waals surface area contributed by atoms with E-state index in [1.54, 1.807) is 24.1 Å². The molecule has 0 aliphatic carbocycles. The number of carbonyl (C=O) groups is 2. The molecular formula is C28H31ClN2O3S. The highest BCUT2D eigenvalue weighted by Crippen LogP contribution is 2.23. The topological polar surface area (TPSA) is 58.6 Å². The van der Waals surface area contributed by atoms with Gasteiger partial charge in [-0.1, -0.05) is 54.1 Å². The second-order valence-corrected chi connectivity index (χ2v) is 9.97. The predicted octanol–water partition coefficient (Wildman–Crippen LogP) is 5.61. The highest BCUT2D eigenvalue weighted by molar-refractivity contribution is 8.00. The van der Waals surface area contributed by atoms with E-state index in [-0.39, 0.29) is 23.6 Å². The molecule has 0 heterocycles. The summed E-state index contributed by atoms with van der Waals surface area (Å²) >= 11 is 7.42. The Hall–Kier alpha value is -2.96. The van der Waals surface area contributed by atoms with Gasteiger partial charge in [0, 0.05) is 28.9 Å². The number of halogens is 1. The number of thioether (sulfide) groups is 1. The van der Waals surface area contributed by atoms with Gasteiger partial charge in [0.15, 0.2) is 0 Å². The average Bonchev–Trinajstić information content (AvgIpc) is 2.86. The molecule has 0 bridgehead atoms. The number of nitrogens with zero attached hydrogens (tertiary/aromatic N) is 1. The van der Waals surface area contributed by atoms with Gasteiger partial charge in [-0.05, 0) is 61.4 Å². The second kappa shape index (κ2) is 13.2. The minimum Gasteiger partial charge on any atom is -0.497 e. The van der Waals surface area contributed by atoms with Crippen LogP contribution in [0.25, 0.3) is 0 Å². The van der Waals surface area contributed by atoms with Crippen LogP contribution in [0.5, 0.6) is 5.75 Å². The lowest BCUT2D eigenvalue weighted by atomic mass is 10.0. The van der Waals surface area contributed by atoms with Gasteiger partial charge in [0.1, 0.15) is 11.8 Å². The Morgan fingerprint density at radius 1 is 0.971 bits per heavy atom. The van der Waals surface area contributed by atoms with Crippen molar-refractivity contribution in [2.45, 2.75) is 43.8 Å². The zero-order valence-corrected chi connectivity index (χ0v) is 21.8. The molecule has 0 spiro atoms. The molecule has 0 aliphatic heterocycles. The van der Waals surface area contributed by atoms with Crippen molar-refractivity contribution in [3.05, 3.63) is 95.0 Å². The molecule has 7 heteroatoms. The molecule has 184 valence electrons. The highest BCUT2D eigenvalue weighted by atomic mass is 35.5. The number of amides is 2. The number of methoxy groups -OCH3 is 1. The molecule has 1 atom stereocenters. The molecule has 3 rings (SSSR count). The Kier molecular flexibility index (Phi) is 10.1. The third-order valence-electron chi connectivity index (χ3n) is 5.37. The fourth-order valence-electron chi connectivity index (χ4n) is 3.66. The number of carbonyl (C=O) groups excluding carboxylic acids is 2. The van der Waals surface area contributed by atoms with E-state index in [0.29, 0.717) is 23.7 Å². The summed E-state index contributed by atoms with van der Waals surface area (Å²) in [6.07, 6.45) is 0.417. The summed E-state index contributed by atoms with van der Waals surface area (Å²) in [5.74, 6) is 0.618. The maximum Gasteiger partial charge on any atom is 0.243 e. The maximum absolute atomic E-state index is 13.6. The van der Waals surface area contributed by atoms with Crippen LogP contribution < -0.4 is 10.1 Å². The van der Waals surface area contributed by atoms with Crippen LogP contribution in [0.2, 0.25) is 5.02 Å². The van der Waals surface area contributed by atoms with Crippen LogP contribution in [-0.2, 0) is 22.6 Å². The molecule has 5 nitrogen and oxygen atoms in total. The summed E-state index contributed by atoms with van der Waals surface area (Å²) in [4.78, 5) is 29.6. The van der Waals surface area contributed by atoms with Crippen molar-refractivity contribution in [3.63, 3.8) is 0 Å². The monoisotopic (exact) mass is 510 g/mol. The van der Waals surface area contributed by atoms with E-state index in [4.69, 9.17) is 16.3 Å². The van der Waals surface area contributed by atoms with Gasteiger partial charge in [-0.15, -0.1) is 11.8 Å². The molecule has 3 aromatic rings. The molecule has 0 radical (unpaired) electrons. The first-order valence-electron chi connectivity index (χ1n) is 11.5. The molecule has 2 amide bonds. The second-order valence-electron chi connectivity index (χ2n) is 8.48. The third-order valence-corrected chi connectivity index (χ3v) is 6.61. The first kappa shape index (κ1) is 26.6. The van der Waals surface area contributed by atoms with E-state index in [0.717, 1.165) is 16.0 Å². The van der Waals surface area contributed by atoms with Gasteiger partial charge >= 0.3 is 0 Å². The van der Waals surface area contributed by atoms with Crippen molar-refractivity contribution >= 4 is 35.2 Å². The van der Waals surface area contributed by atoms with Gasteiger partial charge in [0.25, 0.3) is 0 Å². The van der Waals surface area contributed by atoms with Gasteiger partial charge in [-0.2, -0.15) is 0 Å². The SMILES string of the molecule is COc1cccc(CN(C(=O)CSc2ccc(Cl)cc2)[C@@H](Cc2ccccc2)C(=O)NC(C)C)c1. The van der Waals surface area contributed by atoms with Gasteiger partial charge < -0.3 is 15.0 Å². The predicted molar refractivity (Wildman–Crippen MR) is 143 cm³/mol. The van der Waals surface area contributed by atoms with Crippen LogP contribution in [0.3, 0.4) is 0 Å². The van der Waals surface area contributed by atoms with E-state index in [1.165, 1.54) is 11.8 Å². The van der Waals surface area contributed by atoms with Crippen molar-refractivity contribution in [3.8, 4) is 5.75 Å². The number of nitrogens with one attached hydrogen (secondary N) is 1. The third kappa shape index (κ3) is 8.34. The average molecular weight is 511 g/mol. The number of rotatable bonds is 11. The molecule has 1 N–H and O–H groups in total. The number of ether oxygens (including phenoxy) is 1. The molecule has 35 heavy (non-hydrogen) atoms. The fourth-order valence-corrected chi connectivity index (χ4v) is 4.57. The molecule has 0 unspecified atom stereocenters. The zero-order valence-electron chi connectivity index (χ0n) is 20.2. The summed E-state index contributed by atoms with van der Waals surface area (Å²) in [7, 11) is 1.61. The zero-order chi connectivity index (χ0) is 25.2. The highest BCUT2D eigenvalue weighted by Gasteiger charge is 2.30. The normalized spacial score (nSPS) is 11.7. The Labute approximate surface area is 216 Å². The van der Waals surface area contributed by atoms with Crippen LogP contribution in [-0.4, -0.2) is 41.7 Å². The smallest absolute Gasteiger partial charge is 0.243 e. The molecule has 0 aromatic heterocycles. The van der Waals surface area contributed by atoms with Crippen molar-refractivity contribution in [1.82, 2.24) is 10.2 Å². The van der Waals surface area contributed by atoms with Crippen molar-refractivity contribution in [2.75, 3.05) is 12.9 Å². The van der Waals surface area contributed by atoms with Gasteiger partial charge in [-0.25, -0.2) is 0 Å². The van der Waals surface area contributed by atoms with Gasteiger partial charge in [-0.3, -0.25) is 9.59 Å². The van der Waals surface area contributed by atoms with Crippen LogP contribution in [0.15, 0.2) is 83.8 Å². The molecule has 0 aliphatic rings. The van der Waals surface area contributed by atoms with Crippen molar-refractivity contribution < 1.29 is 14.3 Å². The minimum atomic E-state index is -0.663. The van der Waals surface area contributed by atoms with Crippen LogP contribution >= 0.6 is 23.4 Å². The number of benzene rings is 3. The summed E-state index contributed by atoms with van der Waals surface area (Å²) in [5, 5.41) is 3.65. The lowest BCUT2D eigenvalue weighted by Gasteiger charge is -2.32. The molecular weight excluding hydrogens is 480 g/mol. The fraction of sp³-hybridized carbons (Fsp3) is 0.286. The Morgan fingerprint density at radius 3 is 2.31 bits per heavy atom. The van der Waals surface area contributed by atoms with Gasteiger partial charge in [0.2, 0.25) is 11.8 Å². The Morgan fingerprint density at radius 2 is 1.66 bits per heavy atom. The van der Waals surface area contributed by atoms with Crippen molar-refractivity contribution in [2.24, 2.45) is 0 Å². The summed E-state index contributed by atoms with van der Waals surface area (Å²) in [5.41, 5.74) is 1.88. The minimum absolute atomic E-state index is 0.0435. The molecule has 0 saturated heterocycles. The Bertz CT molecular complexity index is 1110. The first-order chi connectivity index (χ1) is 16.9. The summed E-state index contributed by atoms with van der Waals surface area (Å²) in [6.45, 7) is 4.13. The van der Waals surface area contributed by atoms with E-state index < -0.39 is 6.04 Å². The summed E-state index contributed by atoms with van der Waals surface area (Å²) < 4.78 is 5.37. The van der Waals surface area contributed by atoms with Crippen LogP contribution in [0, 0.1) is 0 Å². The lowest BCUT2D eigenvalue weighted by Crippen LogP contribution is -2.52. The first-order valence-corrected chi connectivity index (χ1v) is 12.9. The number of hydrogen-bond acceptors (Lipinski definition) is 4. The Balaban J connectivity index is 1.91. The van der Waals surface area contributed by atoms with E-state index >= 15 is 0 Å². The molecule has 0 saturated carbocycles. The standard InChI is InChI=1S/C28H31ClN2O3S/c1-20(2)30-28(33)26(17-21-8-5-4-6-9-21)31(18-22-10-7-11-24(16-22)34-3)27(32)19-35-25-14-12-23(29)13-15-25/h4-16,20,26H,17-19H2,1-3H3,(H,30,33)/t26-/m0/s1.